The Bertz CT molecular complexity index is 773. The van der Waals surface area contributed by atoms with Crippen LogP contribution in [0, 0.1) is 0 Å². The van der Waals surface area contributed by atoms with Gasteiger partial charge < -0.3 is 24.9 Å². The first-order valence-corrected chi connectivity index (χ1v) is 8.57. The highest BCUT2D eigenvalue weighted by atomic mass is 127. The van der Waals surface area contributed by atoms with Gasteiger partial charge in [-0.1, -0.05) is 0 Å². The minimum absolute atomic E-state index is 0. The van der Waals surface area contributed by atoms with E-state index in [-0.39, 0.29) is 30.5 Å². The predicted molar refractivity (Wildman–Crippen MR) is 111 cm³/mol. The second-order valence-electron chi connectivity index (χ2n) is 6.28. The lowest BCUT2D eigenvalue weighted by molar-refractivity contribution is -0.272. The van der Waals surface area contributed by atoms with Crippen LogP contribution in [0.3, 0.4) is 0 Å². The van der Waals surface area contributed by atoms with E-state index in [9.17, 15) is 18.3 Å². The molecule has 11 heteroatoms. The third kappa shape index (κ3) is 5.87. The van der Waals surface area contributed by atoms with Crippen molar-refractivity contribution in [2.24, 2.45) is 19.1 Å². The summed E-state index contributed by atoms with van der Waals surface area (Å²) in [5.41, 5.74) is -2.07. The van der Waals surface area contributed by atoms with Gasteiger partial charge in [-0.15, -0.1) is 24.0 Å². The number of guanidine groups is 1. The maximum atomic E-state index is 13.5. The summed E-state index contributed by atoms with van der Waals surface area (Å²) in [5, 5.41) is 16.2. The summed E-state index contributed by atoms with van der Waals surface area (Å²) in [5.74, 6) is -0.0613. The van der Waals surface area contributed by atoms with Crippen molar-refractivity contribution in [3.63, 3.8) is 0 Å². The molecule has 2 aromatic rings. The summed E-state index contributed by atoms with van der Waals surface area (Å²) in [6, 6.07) is 1.91. The van der Waals surface area contributed by atoms with Crippen molar-refractivity contribution in [3.8, 4) is 0 Å². The SMILES string of the molecule is CCNC(=NCc1ccn(C)c1)NCCC(O)(c1nccn1C)C(F)(F)F.I. The first-order valence-electron chi connectivity index (χ1n) is 8.57. The fourth-order valence-electron chi connectivity index (χ4n) is 2.67. The van der Waals surface area contributed by atoms with Crippen molar-refractivity contribution in [1.82, 2.24) is 24.8 Å². The Kier molecular flexibility index (Phi) is 8.79. The lowest BCUT2D eigenvalue weighted by atomic mass is 9.97. The second kappa shape index (κ2) is 10.1. The number of alkyl halides is 3. The van der Waals surface area contributed by atoms with Crippen LogP contribution >= 0.6 is 24.0 Å². The molecule has 1 unspecified atom stereocenters. The Labute approximate surface area is 179 Å². The van der Waals surface area contributed by atoms with E-state index in [1.807, 2.05) is 37.0 Å². The number of nitrogens with zero attached hydrogens (tertiary/aromatic N) is 4. The third-order valence-corrected chi connectivity index (χ3v) is 4.10. The Morgan fingerprint density at radius 2 is 1.96 bits per heavy atom. The van der Waals surface area contributed by atoms with Crippen molar-refractivity contribution >= 4 is 29.9 Å². The van der Waals surface area contributed by atoms with Gasteiger partial charge in [0.2, 0.25) is 5.60 Å². The van der Waals surface area contributed by atoms with Crippen molar-refractivity contribution < 1.29 is 18.3 Å². The first-order chi connectivity index (χ1) is 12.7. The molecule has 0 bridgehead atoms. The zero-order chi connectivity index (χ0) is 20.1. The molecular weight excluding hydrogens is 488 g/mol. The van der Waals surface area contributed by atoms with Gasteiger partial charge in [0.1, 0.15) is 5.82 Å². The van der Waals surface area contributed by atoms with Gasteiger partial charge in [0.05, 0.1) is 6.54 Å². The Morgan fingerprint density at radius 3 is 2.46 bits per heavy atom. The molecule has 158 valence electrons. The fraction of sp³-hybridized carbons (Fsp3) is 0.529. The number of halogens is 4. The van der Waals surface area contributed by atoms with Crippen molar-refractivity contribution in [2.45, 2.75) is 31.7 Å². The summed E-state index contributed by atoms with van der Waals surface area (Å²) in [7, 11) is 3.31. The molecule has 0 fully saturated rings. The minimum Gasteiger partial charge on any atom is -0.374 e. The summed E-state index contributed by atoms with van der Waals surface area (Å²) in [4.78, 5) is 8.04. The molecule has 0 saturated carbocycles. The van der Waals surface area contributed by atoms with Crippen LogP contribution in [0.1, 0.15) is 24.7 Å². The van der Waals surface area contributed by atoms with Crippen LogP contribution in [-0.2, 0) is 26.2 Å². The highest BCUT2D eigenvalue weighted by Gasteiger charge is 2.57. The number of aromatic nitrogens is 3. The van der Waals surface area contributed by atoms with Gasteiger partial charge >= 0.3 is 6.18 Å². The van der Waals surface area contributed by atoms with Gasteiger partial charge in [-0.25, -0.2) is 9.98 Å². The van der Waals surface area contributed by atoms with Gasteiger partial charge in [-0.2, -0.15) is 13.2 Å². The monoisotopic (exact) mass is 514 g/mol. The molecule has 3 N–H and O–H groups in total. The van der Waals surface area contributed by atoms with Crippen molar-refractivity contribution in [1.29, 1.82) is 0 Å². The summed E-state index contributed by atoms with van der Waals surface area (Å²) in [6.45, 7) is 2.67. The smallest absolute Gasteiger partial charge is 0.374 e. The van der Waals surface area contributed by atoms with E-state index < -0.39 is 24.0 Å². The van der Waals surface area contributed by atoms with Crippen LogP contribution in [0.4, 0.5) is 13.2 Å². The maximum Gasteiger partial charge on any atom is 0.424 e. The number of hydrogen-bond acceptors (Lipinski definition) is 3. The molecule has 2 rings (SSSR count). The van der Waals surface area contributed by atoms with Gasteiger partial charge in [-0.3, -0.25) is 0 Å². The minimum atomic E-state index is -4.85. The number of nitrogens with one attached hydrogen (secondary N) is 2. The van der Waals surface area contributed by atoms with E-state index in [0.29, 0.717) is 19.0 Å². The standard InChI is InChI=1S/C17H25F3N6O.HI/c1-4-21-15(24-11-13-5-9-25(2)12-13)23-7-6-16(27,17(18,19)20)14-22-8-10-26(14)3;/h5,8-10,12,27H,4,6-7,11H2,1-3H3,(H2,21,23,24);1H. The Balaban J connectivity index is 0.00000392. The molecule has 0 radical (unpaired) electrons. The number of aliphatic hydroxyl groups is 1. The quantitative estimate of drug-likeness (QED) is 0.301. The number of imidazole rings is 1. The lowest BCUT2D eigenvalue weighted by Gasteiger charge is -2.30. The lowest BCUT2D eigenvalue weighted by Crippen LogP contribution is -2.47. The molecule has 0 amide bonds. The summed E-state index contributed by atoms with van der Waals surface area (Å²) in [6.07, 6.45) is 0.943. The van der Waals surface area contributed by atoms with Crippen LogP contribution in [-0.4, -0.2) is 44.5 Å². The van der Waals surface area contributed by atoms with Gasteiger partial charge in [0.25, 0.3) is 0 Å². The molecule has 0 aliphatic heterocycles. The molecule has 0 aliphatic carbocycles. The van der Waals surface area contributed by atoms with E-state index in [0.717, 1.165) is 5.56 Å². The molecular formula is C17H26F3IN6O. The normalized spacial score (nSPS) is 14.3. The van der Waals surface area contributed by atoms with Crippen LogP contribution in [0.15, 0.2) is 35.8 Å². The van der Waals surface area contributed by atoms with E-state index in [2.05, 4.69) is 20.6 Å². The van der Waals surface area contributed by atoms with E-state index in [4.69, 9.17) is 0 Å². The highest BCUT2D eigenvalue weighted by Crippen LogP contribution is 2.40. The number of hydrogen-bond donors (Lipinski definition) is 3. The third-order valence-electron chi connectivity index (χ3n) is 4.10. The van der Waals surface area contributed by atoms with Gasteiger partial charge in [0, 0.05) is 58.4 Å². The van der Waals surface area contributed by atoms with Crippen molar-refractivity contribution in [3.05, 3.63) is 42.2 Å². The van der Waals surface area contributed by atoms with Gasteiger partial charge in [-0.05, 0) is 18.6 Å². The van der Waals surface area contributed by atoms with E-state index in [1.54, 1.807) is 0 Å². The predicted octanol–water partition coefficient (Wildman–Crippen LogP) is 2.27. The second-order valence-corrected chi connectivity index (χ2v) is 6.28. The molecule has 0 saturated heterocycles. The topological polar surface area (TPSA) is 79.4 Å². The van der Waals surface area contributed by atoms with Gasteiger partial charge in [0.15, 0.2) is 5.96 Å². The number of aryl methyl sites for hydroxylation is 2. The molecule has 0 spiro atoms. The van der Waals surface area contributed by atoms with E-state index >= 15 is 0 Å². The average molecular weight is 514 g/mol. The molecule has 2 heterocycles. The zero-order valence-electron chi connectivity index (χ0n) is 16.0. The Morgan fingerprint density at radius 1 is 1.25 bits per heavy atom. The largest absolute Gasteiger partial charge is 0.424 e. The fourth-order valence-corrected chi connectivity index (χ4v) is 2.67. The van der Waals surface area contributed by atoms with Crippen LogP contribution < -0.4 is 10.6 Å². The van der Waals surface area contributed by atoms with E-state index in [1.165, 1.54) is 24.0 Å². The zero-order valence-corrected chi connectivity index (χ0v) is 18.3. The number of aliphatic imine (C=N–C) groups is 1. The van der Waals surface area contributed by atoms with Crippen LogP contribution in [0.25, 0.3) is 0 Å². The molecule has 2 aromatic heterocycles. The average Bonchev–Trinajstić information content (AvgIpc) is 3.19. The Hall–Kier alpha value is -1.76. The molecule has 0 aromatic carbocycles. The molecule has 0 aliphatic rings. The summed E-state index contributed by atoms with van der Waals surface area (Å²) < 4.78 is 43.6. The van der Waals surface area contributed by atoms with Crippen molar-refractivity contribution in [2.75, 3.05) is 13.1 Å². The molecule has 1 atom stereocenters. The maximum absolute atomic E-state index is 13.5. The van der Waals surface area contributed by atoms with Crippen LogP contribution in [0.5, 0.6) is 0 Å². The molecule has 28 heavy (non-hydrogen) atoms. The number of rotatable bonds is 7. The molecule has 7 nitrogen and oxygen atoms in total. The first kappa shape index (κ1) is 24.3. The van der Waals surface area contributed by atoms with Crippen LogP contribution in [0.2, 0.25) is 0 Å². The highest BCUT2D eigenvalue weighted by molar-refractivity contribution is 14.0. The summed E-state index contributed by atoms with van der Waals surface area (Å²) >= 11 is 0.